The summed E-state index contributed by atoms with van der Waals surface area (Å²) in [5.41, 5.74) is 2.68. The van der Waals surface area contributed by atoms with Gasteiger partial charge in [0, 0.05) is 12.6 Å². The van der Waals surface area contributed by atoms with Crippen LogP contribution in [0.15, 0.2) is 82.4 Å². The molecule has 1 unspecified atom stereocenters. The van der Waals surface area contributed by atoms with Crippen LogP contribution in [0.25, 0.3) is 10.8 Å². The Morgan fingerprint density at radius 2 is 1.62 bits per heavy atom. The Labute approximate surface area is 239 Å². The van der Waals surface area contributed by atoms with E-state index in [4.69, 9.17) is 19.5 Å². The molecule has 4 rings (SSSR count). The Bertz CT molecular complexity index is 1510. The summed E-state index contributed by atoms with van der Waals surface area (Å²) in [7, 11) is 0. The summed E-state index contributed by atoms with van der Waals surface area (Å²) in [6, 6.07) is 24.3. The maximum Gasteiger partial charge on any atom is 0.334 e. The van der Waals surface area contributed by atoms with E-state index < -0.39 is 17.1 Å². The van der Waals surface area contributed by atoms with Crippen molar-refractivity contribution in [2.75, 3.05) is 0 Å². The number of nitrogens with zero attached hydrogens (tertiary/aromatic N) is 2. The molecule has 0 fully saturated rings. The molecule has 0 spiro atoms. The number of hydrogen-bond donors (Lipinski definition) is 0. The zero-order chi connectivity index (χ0) is 28.2. The van der Waals surface area contributed by atoms with Crippen molar-refractivity contribution in [3.8, 4) is 5.75 Å². The van der Waals surface area contributed by atoms with E-state index in [0.717, 1.165) is 38.7 Å². The number of fused-ring (bicyclic) bond motifs is 1. The Kier molecular flexibility index (Phi) is 8.55. The van der Waals surface area contributed by atoms with Gasteiger partial charge in [-0.25, -0.2) is 9.78 Å². The van der Waals surface area contributed by atoms with Crippen molar-refractivity contribution >= 4 is 38.9 Å². The van der Waals surface area contributed by atoms with Crippen molar-refractivity contribution in [1.29, 1.82) is 0 Å². The molecule has 0 amide bonds. The second-order valence-corrected chi connectivity index (χ2v) is 11.8. The van der Waals surface area contributed by atoms with Gasteiger partial charge in [0.1, 0.15) is 22.6 Å². The van der Waals surface area contributed by atoms with Gasteiger partial charge in [-0.1, -0.05) is 66.7 Å². The molecule has 1 heterocycles. The number of ether oxygens (including phenoxy) is 2. The van der Waals surface area contributed by atoms with Crippen LogP contribution >= 0.6 is 15.9 Å². The lowest BCUT2D eigenvalue weighted by atomic mass is 9.91. The number of esters is 1. The van der Waals surface area contributed by atoms with Crippen LogP contribution in [0.2, 0.25) is 0 Å². The second-order valence-electron chi connectivity index (χ2n) is 11.0. The highest BCUT2D eigenvalue weighted by atomic mass is 79.9. The topological polar surface area (TPSA) is 60.8 Å². The van der Waals surface area contributed by atoms with Gasteiger partial charge in [-0.2, -0.15) is 0 Å². The van der Waals surface area contributed by atoms with Gasteiger partial charge >= 0.3 is 5.97 Å². The lowest BCUT2D eigenvalue weighted by Gasteiger charge is -2.29. The number of rotatable bonds is 8. The van der Waals surface area contributed by atoms with Crippen molar-refractivity contribution < 1.29 is 14.3 Å². The van der Waals surface area contributed by atoms with Crippen LogP contribution in [-0.4, -0.2) is 28.3 Å². The molecule has 0 aliphatic carbocycles. The lowest BCUT2D eigenvalue weighted by molar-refractivity contribution is -0.160. The van der Waals surface area contributed by atoms with Crippen LogP contribution in [-0.2, 0) is 22.6 Å². The summed E-state index contributed by atoms with van der Waals surface area (Å²) in [6.07, 6.45) is 2.04. The van der Waals surface area contributed by atoms with Crippen LogP contribution in [0.4, 0.5) is 0 Å². The molecule has 3 aromatic carbocycles. The first-order chi connectivity index (χ1) is 18.4. The van der Waals surface area contributed by atoms with E-state index in [1.807, 2.05) is 90.1 Å². The zero-order valence-corrected chi connectivity index (χ0v) is 25.0. The first kappa shape index (κ1) is 28.5. The predicted octanol–water partition coefficient (Wildman–Crippen LogP) is 7.96. The fourth-order valence-electron chi connectivity index (χ4n) is 4.38. The second kappa shape index (κ2) is 11.7. The van der Waals surface area contributed by atoms with E-state index in [-0.39, 0.29) is 6.42 Å². The molecule has 1 atom stereocenters. The number of aryl methyl sites for hydroxylation is 1. The summed E-state index contributed by atoms with van der Waals surface area (Å²) in [5.74, 6) is 0.313. The minimum Gasteiger partial charge on any atom is -0.487 e. The number of aliphatic imine (C=N–C) groups is 1. The van der Waals surface area contributed by atoms with Crippen LogP contribution < -0.4 is 4.74 Å². The average molecular weight is 588 g/mol. The number of benzene rings is 3. The molecule has 0 bridgehead atoms. The Morgan fingerprint density at radius 3 is 2.31 bits per heavy atom. The maximum absolute atomic E-state index is 13.6. The lowest BCUT2D eigenvalue weighted by Crippen LogP contribution is -2.42. The van der Waals surface area contributed by atoms with Gasteiger partial charge in [0.15, 0.2) is 5.54 Å². The quantitative estimate of drug-likeness (QED) is 0.119. The van der Waals surface area contributed by atoms with E-state index in [0.29, 0.717) is 17.0 Å². The summed E-state index contributed by atoms with van der Waals surface area (Å²) in [6.45, 7) is 11.8. The normalized spacial score (nSPS) is 13.4. The number of carbonyl (C=O) groups excluding carboxylic acids is 1. The summed E-state index contributed by atoms with van der Waals surface area (Å²) < 4.78 is 12.8. The van der Waals surface area contributed by atoms with Crippen LogP contribution in [0.3, 0.4) is 0 Å². The number of aromatic nitrogens is 1. The molecule has 0 radical (unpaired) electrons. The molecule has 5 nitrogen and oxygen atoms in total. The third-order valence-corrected chi connectivity index (χ3v) is 7.15. The molecule has 0 aliphatic rings. The van der Waals surface area contributed by atoms with Gasteiger partial charge in [-0.3, -0.25) is 4.99 Å². The first-order valence-corrected chi connectivity index (χ1v) is 13.8. The fraction of sp³-hybridized carbons (Fsp3) is 0.303. The van der Waals surface area contributed by atoms with Crippen molar-refractivity contribution in [3.05, 3.63) is 105 Å². The monoisotopic (exact) mass is 586 g/mol. The smallest absolute Gasteiger partial charge is 0.334 e. The van der Waals surface area contributed by atoms with Gasteiger partial charge in [-0.15, -0.1) is 0 Å². The van der Waals surface area contributed by atoms with Crippen molar-refractivity contribution in [3.63, 3.8) is 0 Å². The van der Waals surface area contributed by atoms with Gasteiger partial charge in [-0.05, 0) is 96.6 Å². The third-order valence-electron chi connectivity index (χ3n) is 6.49. The number of hydrogen-bond acceptors (Lipinski definition) is 5. The van der Waals surface area contributed by atoms with Gasteiger partial charge in [0.25, 0.3) is 0 Å². The molecule has 0 saturated carbocycles. The maximum atomic E-state index is 13.6. The molecular weight excluding hydrogens is 552 g/mol. The third kappa shape index (κ3) is 7.12. The van der Waals surface area contributed by atoms with Gasteiger partial charge in [0.2, 0.25) is 0 Å². The van der Waals surface area contributed by atoms with Gasteiger partial charge in [0.05, 0.1) is 5.69 Å². The van der Waals surface area contributed by atoms with Crippen LogP contribution in [0.5, 0.6) is 5.75 Å². The summed E-state index contributed by atoms with van der Waals surface area (Å²) in [4.78, 5) is 23.2. The average Bonchev–Trinajstić information content (AvgIpc) is 2.89. The predicted molar refractivity (Wildman–Crippen MR) is 162 cm³/mol. The standard InChI is InChI=1S/C33H35BrN2O3/c1-22-28(30(34)36-23(2)29(22)38-21-24-12-8-7-9-13-24)19-33(6,31(37)39-32(3,4)5)35-20-25-16-17-26-14-10-11-15-27(26)18-25/h7-18,20H,19,21H2,1-6H3. The zero-order valence-electron chi connectivity index (χ0n) is 23.4. The molecule has 0 saturated heterocycles. The number of carbonyl (C=O) groups is 1. The molecule has 0 aliphatic heterocycles. The van der Waals surface area contributed by atoms with E-state index in [9.17, 15) is 4.79 Å². The van der Waals surface area contributed by atoms with Gasteiger partial charge < -0.3 is 9.47 Å². The highest BCUT2D eigenvalue weighted by Crippen LogP contribution is 2.34. The molecule has 202 valence electrons. The highest BCUT2D eigenvalue weighted by molar-refractivity contribution is 9.10. The minimum absolute atomic E-state index is 0.285. The van der Waals surface area contributed by atoms with Crippen molar-refractivity contribution in [1.82, 2.24) is 4.98 Å². The number of halogens is 1. The van der Waals surface area contributed by atoms with Crippen molar-refractivity contribution in [2.24, 2.45) is 4.99 Å². The minimum atomic E-state index is -1.19. The SMILES string of the molecule is Cc1nc(Br)c(CC(C)(N=Cc2ccc3ccccc3c2)C(=O)OC(C)(C)C)c(C)c1OCc1ccccc1. The van der Waals surface area contributed by atoms with E-state index in [1.54, 1.807) is 6.21 Å². The van der Waals surface area contributed by atoms with Crippen LogP contribution in [0.1, 0.15) is 55.6 Å². The summed E-state index contributed by atoms with van der Waals surface area (Å²) in [5, 5.41) is 2.26. The van der Waals surface area contributed by atoms with Crippen LogP contribution in [0, 0.1) is 13.8 Å². The molecular formula is C33H35BrN2O3. The molecule has 1 aromatic heterocycles. The van der Waals surface area contributed by atoms with Crippen molar-refractivity contribution in [2.45, 2.75) is 65.7 Å². The van der Waals surface area contributed by atoms with E-state index in [1.165, 1.54) is 0 Å². The fourth-order valence-corrected chi connectivity index (χ4v) is 5.09. The highest BCUT2D eigenvalue weighted by Gasteiger charge is 2.38. The van der Waals surface area contributed by atoms with E-state index >= 15 is 0 Å². The number of pyridine rings is 1. The Hall–Kier alpha value is -3.51. The Balaban J connectivity index is 1.70. The summed E-state index contributed by atoms with van der Waals surface area (Å²) >= 11 is 3.64. The molecule has 39 heavy (non-hydrogen) atoms. The largest absolute Gasteiger partial charge is 0.487 e. The first-order valence-electron chi connectivity index (χ1n) is 13.0. The molecule has 4 aromatic rings. The van der Waals surface area contributed by atoms with E-state index in [2.05, 4.69) is 40.2 Å². The Morgan fingerprint density at radius 1 is 0.949 bits per heavy atom. The molecule has 6 heteroatoms. The molecule has 0 N–H and O–H groups in total.